The van der Waals surface area contributed by atoms with E-state index in [4.69, 9.17) is 5.11 Å². The van der Waals surface area contributed by atoms with Crippen molar-refractivity contribution in [3.63, 3.8) is 0 Å². The van der Waals surface area contributed by atoms with Crippen LogP contribution in [0.15, 0.2) is 30.3 Å². The number of alkyl halides is 3. The molecule has 0 bridgehead atoms. The Labute approximate surface area is 127 Å². The molecule has 0 radical (unpaired) electrons. The second kappa shape index (κ2) is 6.55. The monoisotopic (exact) mass is 337 g/mol. The van der Waals surface area contributed by atoms with Gasteiger partial charge in [-0.2, -0.15) is 13.2 Å². The van der Waals surface area contributed by atoms with Crippen LogP contribution in [0.4, 0.5) is 13.2 Å². The fourth-order valence-electron chi connectivity index (χ4n) is 2.47. The van der Waals surface area contributed by atoms with Crippen molar-refractivity contribution in [3.8, 4) is 0 Å². The number of benzene rings is 1. The number of aliphatic hydroxyl groups excluding tert-OH is 1. The Balaban J connectivity index is 1.99. The number of rotatable bonds is 6. The molecule has 1 aromatic rings. The molecule has 22 heavy (non-hydrogen) atoms. The van der Waals surface area contributed by atoms with Crippen LogP contribution < -0.4 is 4.72 Å². The normalized spacial score (nSPS) is 23.8. The third-order valence-corrected chi connectivity index (χ3v) is 5.20. The summed E-state index contributed by atoms with van der Waals surface area (Å²) in [6.45, 7) is 0. The van der Waals surface area contributed by atoms with E-state index >= 15 is 0 Å². The van der Waals surface area contributed by atoms with Crippen LogP contribution in [-0.2, 0) is 10.0 Å². The van der Waals surface area contributed by atoms with Crippen LogP contribution in [0.5, 0.6) is 0 Å². The lowest BCUT2D eigenvalue weighted by atomic mass is 9.91. The largest absolute Gasteiger partial charge is 0.395 e. The van der Waals surface area contributed by atoms with E-state index in [1.807, 2.05) is 0 Å². The van der Waals surface area contributed by atoms with Crippen LogP contribution in [0.2, 0.25) is 0 Å². The first kappa shape index (κ1) is 17.2. The van der Waals surface area contributed by atoms with Gasteiger partial charge in [0.2, 0.25) is 10.0 Å². The second-order valence-corrected chi connectivity index (χ2v) is 7.43. The molecule has 1 fully saturated rings. The number of hydrogen-bond donors (Lipinski definition) is 2. The highest BCUT2D eigenvalue weighted by atomic mass is 32.2. The highest BCUT2D eigenvalue weighted by molar-refractivity contribution is 7.89. The fraction of sp³-hybridized carbons (Fsp3) is 0.571. The molecule has 8 heteroatoms. The number of hydrogen-bond acceptors (Lipinski definition) is 3. The van der Waals surface area contributed by atoms with Crippen molar-refractivity contribution in [3.05, 3.63) is 35.9 Å². The lowest BCUT2D eigenvalue weighted by Crippen LogP contribution is -2.47. The van der Waals surface area contributed by atoms with Gasteiger partial charge >= 0.3 is 6.18 Å². The summed E-state index contributed by atoms with van der Waals surface area (Å²) in [6.07, 6.45) is -4.94. The smallest absolute Gasteiger partial charge is 0.393 e. The van der Waals surface area contributed by atoms with E-state index in [1.54, 1.807) is 6.07 Å². The zero-order chi connectivity index (χ0) is 16.4. The van der Waals surface area contributed by atoms with Gasteiger partial charge in [0.25, 0.3) is 0 Å². The molecular formula is C14H18F3NO3S. The average molecular weight is 337 g/mol. The Hall–Kier alpha value is -1.12. The highest BCUT2D eigenvalue weighted by Gasteiger charge is 2.41. The summed E-state index contributed by atoms with van der Waals surface area (Å²) < 4.78 is 65.4. The topological polar surface area (TPSA) is 66.4 Å². The molecule has 2 rings (SSSR count). The summed E-state index contributed by atoms with van der Waals surface area (Å²) in [5, 5.41) is 9.11. The van der Waals surface area contributed by atoms with Crippen molar-refractivity contribution in [1.29, 1.82) is 0 Å². The van der Waals surface area contributed by atoms with E-state index in [0.717, 1.165) is 0 Å². The Morgan fingerprint density at radius 1 is 1.23 bits per heavy atom. The van der Waals surface area contributed by atoms with Crippen LogP contribution >= 0.6 is 0 Å². The Kier molecular flexibility index (Phi) is 5.14. The van der Waals surface area contributed by atoms with Gasteiger partial charge in [-0.3, -0.25) is 0 Å². The minimum atomic E-state index is -4.50. The minimum Gasteiger partial charge on any atom is -0.393 e. The first-order valence-electron chi connectivity index (χ1n) is 6.97. The van der Waals surface area contributed by atoms with Gasteiger partial charge in [-0.1, -0.05) is 30.3 Å². The SMILES string of the molecule is O=S(=O)(CCC(c1ccccc1)C(F)(F)F)NC1CC(O)C1. The number of aliphatic hydroxyl groups is 1. The predicted molar refractivity (Wildman–Crippen MR) is 75.8 cm³/mol. The molecule has 1 atom stereocenters. The fourth-order valence-corrected chi connectivity index (χ4v) is 3.84. The maximum atomic E-state index is 13.1. The van der Waals surface area contributed by atoms with Crippen molar-refractivity contribution in [2.75, 3.05) is 5.75 Å². The molecule has 4 nitrogen and oxygen atoms in total. The maximum absolute atomic E-state index is 13.1. The van der Waals surface area contributed by atoms with Crippen molar-refractivity contribution in [1.82, 2.24) is 4.72 Å². The highest BCUT2D eigenvalue weighted by Crippen LogP contribution is 2.37. The van der Waals surface area contributed by atoms with Crippen molar-refractivity contribution < 1.29 is 26.7 Å². The molecule has 0 spiro atoms. The average Bonchev–Trinajstić information content (AvgIpc) is 2.36. The number of nitrogens with one attached hydrogen (secondary N) is 1. The number of sulfonamides is 1. The van der Waals surface area contributed by atoms with Crippen LogP contribution in [-0.4, -0.2) is 37.6 Å². The Bertz CT molecular complexity index is 583. The van der Waals surface area contributed by atoms with Crippen molar-refractivity contribution in [2.24, 2.45) is 0 Å². The van der Waals surface area contributed by atoms with Gasteiger partial charge in [0.15, 0.2) is 0 Å². The van der Waals surface area contributed by atoms with E-state index in [-0.39, 0.29) is 11.6 Å². The van der Waals surface area contributed by atoms with Crippen LogP contribution in [0.25, 0.3) is 0 Å². The molecule has 0 saturated heterocycles. The molecule has 1 aromatic carbocycles. The summed E-state index contributed by atoms with van der Waals surface area (Å²) in [4.78, 5) is 0. The van der Waals surface area contributed by atoms with Gasteiger partial charge in [0.05, 0.1) is 17.8 Å². The van der Waals surface area contributed by atoms with Crippen LogP contribution in [0.3, 0.4) is 0 Å². The van der Waals surface area contributed by atoms with E-state index in [1.165, 1.54) is 24.3 Å². The lowest BCUT2D eigenvalue weighted by molar-refractivity contribution is -0.150. The van der Waals surface area contributed by atoms with E-state index in [0.29, 0.717) is 12.8 Å². The van der Waals surface area contributed by atoms with Crippen molar-refractivity contribution in [2.45, 2.75) is 43.5 Å². The standard InChI is InChI=1S/C14H18F3NO3S/c15-14(16,17)13(10-4-2-1-3-5-10)6-7-22(20,21)18-11-8-12(19)9-11/h1-5,11-13,18-19H,6-9H2. The third kappa shape index (κ3) is 4.69. The molecule has 0 aliphatic heterocycles. The lowest BCUT2D eigenvalue weighted by Gasteiger charge is -2.31. The van der Waals surface area contributed by atoms with E-state index in [2.05, 4.69) is 4.72 Å². The summed E-state index contributed by atoms with van der Waals surface area (Å²) in [6, 6.07) is 6.92. The Morgan fingerprint density at radius 2 is 1.82 bits per heavy atom. The second-order valence-electron chi connectivity index (χ2n) is 5.55. The Morgan fingerprint density at radius 3 is 2.32 bits per heavy atom. The quantitative estimate of drug-likeness (QED) is 0.836. The zero-order valence-corrected chi connectivity index (χ0v) is 12.6. The predicted octanol–water partition coefficient (Wildman–Crippen LogP) is 2.17. The molecule has 0 aromatic heterocycles. The molecule has 1 aliphatic rings. The molecule has 1 saturated carbocycles. The van der Waals surface area contributed by atoms with Gasteiger partial charge in [-0.05, 0) is 24.8 Å². The first-order valence-corrected chi connectivity index (χ1v) is 8.62. The molecule has 0 amide bonds. The molecule has 2 N–H and O–H groups in total. The third-order valence-electron chi connectivity index (χ3n) is 3.73. The zero-order valence-electron chi connectivity index (χ0n) is 11.8. The summed E-state index contributed by atoms with van der Waals surface area (Å²) in [7, 11) is -3.79. The minimum absolute atomic E-state index is 0.0595. The van der Waals surface area contributed by atoms with Gasteiger partial charge in [-0.25, -0.2) is 13.1 Å². The van der Waals surface area contributed by atoms with E-state index in [9.17, 15) is 21.6 Å². The molecule has 1 aliphatic carbocycles. The van der Waals surface area contributed by atoms with Crippen LogP contribution in [0, 0.1) is 0 Å². The molecule has 124 valence electrons. The number of halogens is 3. The van der Waals surface area contributed by atoms with Gasteiger partial charge in [0, 0.05) is 6.04 Å². The van der Waals surface area contributed by atoms with Crippen molar-refractivity contribution >= 4 is 10.0 Å². The first-order chi connectivity index (χ1) is 10.2. The van der Waals surface area contributed by atoms with Gasteiger partial charge in [-0.15, -0.1) is 0 Å². The molecule has 1 unspecified atom stereocenters. The maximum Gasteiger partial charge on any atom is 0.395 e. The van der Waals surface area contributed by atoms with Crippen LogP contribution in [0.1, 0.15) is 30.7 Å². The molecular weight excluding hydrogens is 319 g/mol. The summed E-state index contributed by atoms with van der Waals surface area (Å²) in [5.74, 6) is -2.41. The van der Waals surface area contributed by atoms with Gasteiger partial charge < -0.3 is 5.11 Å². The molecule has 0 heterocycles. The summed E-state index contributed by atoms with van der Waals surface area (Å²) >= 11 is 0. The summed E-state index contributed by atoms with van der Waals surface area (Å²) in [5.41, 5.74) is 0.0595. The van der Waals surface area contributed by atoms with E-state index < -0.39 is 40.4 Å². The van der Waals surface area contributed by atoms with Gasteiger partial charge in [0.1, 0.15) is 0 Å².